The van der Waals surface area contributed by atoms with Crippen molar-refractivity contribution >= 4 is 79.6 Å². The van der Waals surface area contributed by atoms with Crippen LogP contribution in [0.15, 0.2) is 51.1 Å². The Morgan fingerprint density at radius 2 is 1.27 bits per heavy atom. The quantitative estimate of drug-likeness (QED) is 0.0221. The van der Waals surface area contributed by atoms with Crippen LogP contribution in [0.1, 0.15) is 15.9 Å². The number of benzene rings is 3. The maximum atomic E-state index is 11.9. The fourth-order valence-corrected chi connectivity index (χ4v) is 5.67. The maximum Gasteiger partial charge on any atom is 0.339 e. The fourth-order valence-electron chi connectivity index (χ4n) is 3.90. The molecule has 0 atom stereocenters. The molecule has 0 spiro atoms. The first-order chi connectivity index (χ1) is 22.9. The van der Waals surface area contributed by atoms with Crippen molar-refractivity contribution in [1.29, 1.82) is 0 Å². The van der Waals surface area contributed by atoms with E-state index in [0.29, 0.717) is 6.07 Å². The molecule has 0 unspecified atom stereocenters. The Bertz CT molecular complexity index is 2180. The van der Waals surface area contributed by atoms with Gasteiger partial charge in [0.2, 0.25) is 17.8 Å². The number of hydrogen-bond donors (Lipinski definition) is 10. The van der Waals surface area contributed by atoms with Crippen LogP contribution < -0.4 is 20.7 Å². The molecular formula is C24H20N6O16S3. The number of aryl methyl sites for hydroxylation is 1. The van der Waals surface area contributed by atoms with E-state index in [4.69, 9.17) is 5.26 Å². The predicted molar refractivity (Wildman–Crippen MR) is 163 cm³/mol. The summed E-state index contributed by atoms with van der Waals surface area (Å²) in [6.45, 7) is 1.17. The summed E-state index contributed by atoms with van der Waals surface area (Å²) in [6.07, 6.45) is 0. The second kappa shape index (κ2) is 14.3. The van der Waals surface area contributed by atoms with Crippen molar-refractivity contribution < 1.29 is 75.3 Å². The van der Waals surface area contributed by atoms with Gasteiger partial charge in [-0.3, -0.25) is 13.9 Å². The predicted octanol–water partition coefficient (Wildman–Crippen LogP) is 2.68. The topological polar surface area (TPSA) is 346 Å². The number of hydrogen-bond acceptors (Lipinski definition) is 20. The molecule has 25 heteroatoms. The molecule has 0 saturated carbocycles. The highest BCUT2D eigenvalue weighted by Crippen LogP contribution is 2.39. The number of phenolic OH excluding ortho intramolecular Hbond substituents is 2. The van der Waals surface area contributed by atoms with Gasteiger partial charge in [0, 0.05) is 23.1 Å². The number of aromatic nitrogens is 3. The minimum absolute atomic E-state index is 0.0164. The van der Waals surface area contributed by atoms with Crippen molar-refractivity contribution in [3.8, 4) is 23.0 Å². The van der Waals surface area contributed by atoms with E-state index < -0.39 is 82.4 Å². The second-order valence-electron chi connectivity index (χ2n) is 9.21. The van der Waals surface area contributed by atoms with Crippen molar-refractivity contribution in [3.63, 3.8) is 0 Å². The largest absolute Gasteiger partial charge is 0.506 e. The Morgan fingerprint density at radius 3 is 1.73 bits per heavy atom. The third-order valence-electron chi connectivity index (χ3n) is 5.90. The van der Waals surface area contributed by atoms with Crippen LogP contribution in [0, 0.1) is 6.92 Å². The number of nitrogens with one attached hydrogen (secondary N) is 3. The van der Waals surface area contributed by atoms with Crippen molar-refractivity contribution in [3.05, 3.63) is 47.5 Å². The first kappa shape index (κ1) is 36.3. The zero-order chi connectivity index (χ0) is 36.3. The van der Waals surface area contributed by atoms with Crippen molar-refractivity contribution in [2.45, 2.75) is 21.6 Å². The summed E-state index contributed by atoms with van der Waals surface area (Å²) >= 11 is 0.209. The zero-order valence-electron chi connectivity index (χ0n) is 23.9. The third kappa shape index (κ3) is 8.69. The number of carbonyl (C=O) groups is 2. The lowest BCUT2D eigenvalue weighted by molar-refractivity contribution is -0.432. The molecule has 0 aliphatic heterocycles. The SMILES string of the molecule is Cc1cc(Nc2nc(Nc3cc(SOOO)c(O)c(C(=O)O)c3)nc(Nc3cc(OC=O)c(O)c(S(=O)(=O)O)c3)n2)cc(S(=O)(=O)O)c1O. The molecule has 4 rings (SSSR count). The average molecular weight is 745 g/mol. The minimum Gasteiger partial charge on any atom is -0.506 e. The van der Waals surface area contributed by atoms with E-state index in [9.17, 15) is 56.0 Å². The smallest absolute Gasteiger partial charge is 0.339 e. The Kier molecular flexibility index (Phi) is 10.6. The molecule has 49 heavy (non-hydrogen) atoms. The number of nitrogens with zero attached hydrogens (tertiary/aromatic N) is 3. The third-order valence-corrected chi connectivity index (χ3v) is 8.25. The molecule has 10 N–H and O–H groups in total. The monoisotopic (exact) mass is 744 g/mol. The molecule has 22 nitrogen and oxygen atoms in total. The summed E-state index contributed by atoms with van der Waals surface area (Å²) in [4.78, 5) is 32.7. The molecule has 1 heterocycles. The molecule has 260 valence electrons. The molecule has 0 saturated heterocycles. The Hall–Kier alpha value is -5.54. The van der Waals surface area contributed by atoms with E-state index in [2.05, 4.69) is 45.0 Å². The molecule has 3 aromatic carbocycles. The van der Waals surface area contributed by atoms with Gasteiger partial charge < -0.3 is 41.1 Å². The first-order valence-corrected chi connectivity index (χ1v) is 16.1. The van der Waals surface area contributed by atoms with Crippen LogP contribution >= 0.6 is 12.0 Å². The lowest BCUT2D eigenvalue weighted by atomic mass is 10.2. The van der Waals surface area contributed by atoms with Crippen LogP contribution in [0.3, 0.4) is 0 Å². The zero-order valence-corrected chi connectivity index (χ0v) is 26.4. The number of phenols is 3. The normalized spacial score (nSPS) is 11.5. The number of aromatic carboxylic acids is 1. The number of anilines is 6. The lowest BCUT2D eigenvalue weighted by Crippen LogP contribution is -2.09. The van der Waals surface area contributed by atoms with E-state index in [1.165, 1.54) is 13.0 Å². The van der Waals surface area contributed by atoms with Gasteiger partial charge in [-0.2, -0.15) is 31.8 Å². The fraction of sp³-hybridized carbons (Fsp3) is 0.0417. The number of carbonyl (C=O) groups excluding carboxylic acids is 1. The van der Waals surface area contributed by atoms with Crippen molar-refractivity contribution in [2.75, 3.05) is 16.0 Å². The summed E-state index contributed by atoms with van der Waals surface area (Å²) in [6, 6.07) is 5.74. The summed E-state index contributed by atoms with van der Waals surface area (Å²) in [5, 5.41) is 59.8. The Morgan fingerprint density at radius 1 is 0.776 bits per heavy atom. The number of carboxylic acids is 1. The van der Waals surface area contributed by atoms with Gasteiger partial charge in [-0.25, -0.2) is 10.1 Å². The summed E-state index contributed by atoms with van der Waals surface area (Å²) in [5.74, 6) is -6.31. The van der Waals surface area contributed by atoms with E-state index in [1.807, 2.05) is 0 Å². The van der Waals surface area contributed by atoms with Gasteiger partial charge in [-0.1, -0.05) is 5.04 Å². The minimum atomic E-state index is -5.10. The average Bonchev–Trinajstić information content (AvgIpc) is 2.99. The van der Waals surface area contributed by atoms with Crippen LogP contribution in [0.2, 0.25) is 0 Å². The second-order valence-corrected chi connectivity index (χ2v) is 12.7. The van der Waals surface area contributed by atoms with Gasteiger partial charge in [-0.05, 0) is 42.8 Å². The van der Waals surface area contributed by atoms with Crippen LogP contribution in [-0.4, -0.2) is 79.0 Å². The van der Waals surface area contributed by atoms with E-state index in [1.54, 1.807) is 0 Å². The summed E-state index contributed by atoms with van der Waals surface area (Å²) in [7, 11) is -10.0. The van der Waals surface area contributed by atoms with Crippen molar-refractivity contribution in [2.24, 2.45) is 0 Å². The molecule has 0 amide bonds. The first-order valence-electron chi connectivity index (χ1n) is 12.5. The van der Waals surface area contributed by atoms with E-state index >= 15 is 0 Å². The van der Waals surface area contributed by atoms with Gasteiger partial charge in [0.15, 0.2) is 11.5 Å². The highest BCUT2D eigenvalue weighted by atomic mass is 32.2. The van der Waals surface area contributed by atoms with Gasteiger partial charge >= 0.3 is 5.97 Å². The number of rotatable bonds is 14. The van der Waals surface area contributed by atoms with Crippen LogP contribution in [0.25, 0.3) is 0 Å². The maximum absolute atomic E-state index is 11.9. The standard InChI is InChI=1S/C24H20N6O16S3/c1-9-2-10(6-16(18(9)32)48(38,39)40)25-22-28-23(26-11-3-13(21(35)36)19(33)15(5-11)47-46-45-37)30-24(29-22)27-12-4-14(44-8-31)20(34)17(7-12)49(41,42)43/h2-8,32-34,37H,1H3,(H,35,36)(H,38,39,40)(H,41,42,43)(H3,25,26,27,28,29,30). The molecule has 0 aliphatic carbocycles. The van der Waals surface area contributed by atoms with Crippen LogP contribution in [0.5, 0.6) is 23.0 Å². The van der Waals surface area contributed by atoms with Gasteiger partial charge in [0.1, 0.15) is 26.9 Å². The number of carboxylic acid groups (broad SMARTS) is 1. The van der Waals surface area contributed by atoms with Crippen molar-refractivity contribution in [1.82, 2.24) is 15.0 Å². The molecule has 0 fully saturated rings. The molecule has 1 aromatic heterocycles. The highest BCUT2D eigenvalue weighted by molar-refractivity contribution is 7.94. The summed E-state index contributed by atoms with van der Waals surface area (Å²) < 4.78 is 75.3. The molecule has 0 bridgehead atoms. The summed E-state index contributed by atoms with van der Waals surface area (Å²) in [5.41, 5.74) is -1.23. The highest BCUT2D eigenvalue weighted by Gasteiger charge is 2.23. The van der Waals surface area contributed by atoms with Crippen LogP contribution in [-0.2, 0) is 34.4 Å². The number of aromatic hydroxyl groups is 3. The van der Waals surface area contributed by atoms with Gasteiger partial charge in [0.05, 0.1) is 16.9 Å². The molecule has 0 radical (unpaired) electrons. The van der Waals surface area contributed by atoms with Crippen LogP contribution in [0.4, 0.5) is 34.9 Å². The Balaban J connectivity index is 1.87. The van der Waals surface area contributed by atoms with Gasteiger partial charge in [-0.15, -0.1) is 4.33 Å². The molecule has 0 aliphatic rings. The van der Waals surface area contributed by atoms with Gasteiger partial charge in [0.25, 0.3) is 26.7 Å². The van der Waals surface area contributed by atoms with E-state index in [-0.39, 0.29) is 46.0 Å². The lowest BCUT2D eigenvalue weighted by Gasteiger charge is -2.15. The van der Waals surface area contributed by atoms with E-state index in [0.717, 1.165) is 24.3 Å². The molecule has 4 aromatic rings. The number of ether oxygens (including phenoxy) is 1. The Labute approximate surface area is 277 Å². The molecular weight excluding hydrogens is 724 g/mol.